The zero-order valence-corrected chi connectivity index (χ0v) is 17.5. The number of aliphatic hydroxyl groups is 2. The first-order valence-electron chi connectivity index (χ1n) is 9.96. The molecule has 0 aliphatic carbocycles. The average molecular weight is 433 g/mol. The molecule has 8 nitrogen and oxygen atoms in total. The lowest BCUT2D eigenvalue weighted by molar-refractivity contribution is -0.122. The summed E-state index contributed by atoms with van der Waals surface area (Å²) in [5.41, 5.74) is -0.0977. The first kappa shape index (κ1) is 21.0. The number of aliphatic hydroxyl groups excluding tert-OH is 1. The Kier molecular flexibility index (Phi) is 5.67. The molecule has 9 heteroatoms. The van der Waals surface area contributed by atoms with Crippen LogP contribution < -0.4 is 10.1 Å². The van der Waals surface area contributed by atoms with Gasteiger partial charge in [-0.15, -0.1) is 0 Å². The fourth-order valence-electron chi connectivity index (χ4n) is 4.07. The van der Waals surface area contributed by atoms with Gasteiger partial charge in [0, 0.05) is 17.3 Å². The van der Waals surface area contributed by atoms with E-state index in [0.717, 1.165) is 43.7 Å². The van der Waals surface area contributed by atoms with Crippen molar-refractivity contribution in [3.8, 4) is 5.75 Å². The van der Waals surface area contributed by atoms with Crippen LogP contribution in [0.25, 0.3) is 0 Å². The molecule has 1 fully saturated rings. The van der Waals surface area contributed by atoms with Gasteiger partial charge in [0.05, 0.1) is 24.4 Å². The van der Waals surface area contributed by atoms with Gasteiger partial charge in [-0.05, 0) is 56.6 Å². The fraction of sp³-hybridized carbons (Fsp3) is 0.476. The first-order chi connectivity index (χ1) is 14.3. The summed E-state index contributed by atoms with van der Waals surface area (Å²) in [4.78, 5) is 23.1. The number of benzene rings is 1. The van der Waals surface area contributed by atoms with Crippen molar-refractivity contribution in [1.29, 1.82) is 0 Å². The number of halogens is 1. The van der Waals surface area contributed by atoms with Crippen LogP contribution in [0.5, 0.6) is 5.75 Å². The minimum atomic E-state index is -1.47. The Morgan fingerprint density at radius 1 is 1.30 bits per heavy atom. The maximum atomic E-state index is 12.7. The Bertz CT molecular complexity index is 927. The zero-order valence-electron chi connectivity index (χ0n) is 16.8. The lowest BCUT2D eigenvalue weighted by Gasteiger charge is -2.37. The van der Waals surface area contributed by atoms with Crippen molar-refractivity contribution in [2.45, 2.75) is 30.8 Å². The number of nitrogens with one attached hydrogen (secondary N) is 1. The highest BCUT2D eigenvalue weighted by molar-refractivity contribution is 6.31. The van der Waals surface area contributed by atoms with Crippen LogP contribution in [-0.2, 0) is 15.8 Å². The Morgan fingerprint density at radius 3 is 2.67 bits per heavy atom. The van der Waals surface area contributed by atoms with Gasteiger partial charge in [0.25, 0.3) is 0 Å². The van der Waals surface area contributed by atoms with E-state index in [4.69, 9.17) is 21.4 Å². The second-order valence-electron chi connectivity index (χ2n) is 8.09. The molecular weight excluding hydrogens is 408 g/mol. The van der Waals surface area contributed by atoms with E-state index >= 15 is 0 Å². The maximum Gasteiger partial charge on any atom is 0.235 e. The summed E-state index contributed by atoms with van der Waals surface area (Å²) in [6, 6.07) is 5.58. The SMILES string of the molecule is C[C@](O)(CO)c1ncc(OCCN2CCC3(CC2)C(=O)Nc2ccc(Cl)cc23)cn1. The van der Waals surface area contributed by atoms with Crippen molar-refractivity contribution in [2.24, 2.45) is 0 Å². The number of ether oxygens (including phenoxy) is 1. The normalized spacial score (nSPS) is 19.9. The molecule has 0 unspecified atom stereocenters. The predicted molar refractivity (Wildman–Crippen MR) is 112 cm³/mol. The van der Waals surface area contributed by atoms with E-state index < -0.39 is 17.6 Å². The largest absolute Gasteiger partial charge is 0.489 e. The molecule has 1 aromatic carbocycles. The van der Waals surface area contributed by atoms with E-state index in [1.54, 1.807) is 6.07 Å². The molecule has 0 bridgehead atoms. The van der Waals surface area contributed by atoms with Crippen molar-refractivity contribution in [1.82, 2.24) is 14.9 Å². The molecule has 30 heavy (non-hydrogen) atoms. The smallest absolute Gasteiger partial charge is 0.235 e. The van der Waals surface area contributed by atoms with E-state index in [9.17, 15) is 9.90 Å². The summed E-state index contributed by atoms with van der Waals surface area (Å²) in [6.07, 6.45) is 4.45. The van der Waals surface area contributed by atoms with Crippen molar-refractivity contribution < 1.29 is 19.7 Å². The molecule has 2 aromatic rings. The van der Waals surface area contributed by atoms with Crippen LogP contribution in [0.3, 0.4) is 0 Å². The van der Waals surface area contributed by atoms with E-state index in [1.165, 1.54) is 19.3 Å². The third-order valence-electron chi connectivity index (χ3n) is 5.98. The van der Waals surface area contributed by atoms with Gasteiger partial charge in [0.2, 0.25) is 5.91 Å². The van der Waals surface area contributed by atoms with Crippen LogP contribution in [0.15, 0.2) is 30.6 Å². The van der Waals surface area contributed by atoms with Crippen LogP contribution >= 0.6 is 11.6 Å². The molecule has 1 atom stereocenters. The molecule has 2 aliphatic heterocycles. The van der Waals surface area contributed by atoms with E-state index in [2.05, 4.69) is 20.2 Å². The minimum Gasteiger partial charge on any atom is -0.489 e. The maximum absolute atomic E-state index is 12.7. The molecule has 1 aromatic heterocycles. The van der Waals surface area contributed by atoms with Crippen LogP contribution in [0.4, 0.5) is 5.69 Å². The summed E-state index contributed by atoms with van der Waals surface area (Å²) in [5, 5.41) is 22.8. The van der Waals surface area contributed by atoms with Crippen molar-refractivity contribution in [2.75, 3.05) is 38.2 Å². The van der Waals surface area contributed by atoms with Gasteiger partial charge in [0.1, 0.15) is 12.2 Å². The van der Waals surface area contributed by atoms with Gasteiger partial charge in [-0.2, -0.15) is 0 Å². The van der Waals surface area contributed by atoms with Crippen LogP contribution in [0, 0.1) is 0 Å². The lowest BCUT2D eigenvalue weighted by atomic mass is 9.73. The van der Waals surface area contributed by atoms with Crippen LogP contribution in [0.1, 0.15) is 31.2 Å². The summed E-state index contributed by atoms with van der Waals surface area (Å²) < 4.78 is 5.71. The lowest BCUT2D eigenvalue weighted by Crippen LogP contribution is -2.47. The zero-order chi connectivity index (χ0) is 21.4. The Balaban J connectivity index is 1.30. The van der Waals surface area contributed by atoms with Gasteiger partial charge in [-0.3, -0.25) is 9.69 Å². The third kappa shape index (κ3) is 3.88. The van der Waals surface area contributed by atoms with Crippen molar-refractivity contribution >= 4 is 23.2 Å². The standard InChI is InChI=1S/C21H25ClN4O4/c1-20(29,13-27)18-23-11-15(12-24-18)30-9-8-26-6-4-21(5-7-26)16-10-14(22)2-3-17(16)25-19(21)28/h2-3,10-12,27,29H,4-9,13H2,1H3,(H,25,28)/t20-/m0/s1. The topological polar surface area (TPSA) is 108 Å². The quantitative estimate of drug-likeness (QED) is 0.637. The van der Waals surface area contributed by atoms with Gasteiger partial charge >= 0.3 is 0 Å². The molecule has 1 amide bonds. The highest BCUT2D eigenvalue weighted by Crippen LogP contribution is 2.45. The number of hydrogen-bond acceptors (Lipinski definition) is 7. The van der Waals surface area contributed by atoms with Crippen molar-refractivity contribution in [3.63, 3.8) is 0 Å². The highest BCUT2D eigenvalue weighted by Gasteiger charge is 2.48. The average Bonchev–Trinajstić information content (AvgIpc) is 3.01. The second kappa shape index (κ2) is 8.11. The van der Waals surface area contributed by atoms with Gasteiger partial charge < -0.3 is 20.3 Å². The molecule has 3 N–H and O–H groups in total. The molecule has 1 spiro atoms. The van der Waals surface area contributed by atoms with Gasteiger partial charge in [0.15, 0.2) is 11.6 Å². The molecular formula is C21H25ClN4O4. The third-order valence-corrected chi connectivity index (χ3v) is 6.22. The number of fused-ring (bicyclic) bond motifs is 2. The number of likely N-dealkylation sites (tertiary alicyclic amines) is 1. The summed E-state index contributed by atoms with van der Waals surface area (Å²) in [5.74, 6) is 0.709. The number of aromatic nitrogens is 2. The minimum absolute atomic E-state index is 0.0617. The Hall–Kier alpha value is -2.26. The van der Waals surface area contributed by atoms with Crippen molar-refractivity contribution in [3.05, 3.63) is 47.0 Å². The second-order valence-corrected chi connectivity index (χ2v) is 8.53. The van der Waals surface area contributed by atoms with Gasteiger partial charge in [-0.25, -0.2) is 9.97 Å². The molecule has 160 valence electrons. The summed E-state index contributed by atoms with van der Waals surface area (Å²) >= 11 is 6.17. The Morgan fingerprint density at radius 2 is 2.00 bits per heavy atom. The number of amides is 1. The van der Waals surface area contributed by atoms with E-state index in [1.807, 2.05) is 12.1 Å². The molecule has 0 saturated carbocycles. The number of piperidine rings is 1. The number of hydrogen-bond donors (Lipinski definition) is 3. The number of rotatable bonds is 6. The highest BCUT2D eigenvalue weighted by atomic mass is 35.5. The van der Waals surface area contributed by atoms with E-state index in [-0.39, 0.29) is 11.7 Å². The van der Waals surface area contributed by atoms with E-state index in [0.29, 0.717) is 17.4 Å². The van der Waals surface area contributed by atoms with Gasteiger partial charge in [-0.1, -0.05) is 11.6 Å². The Labute approximate surface area is 179 Å². The number of anilines is 1. The van der Waals surface area contributed by atoms with Crippen LogP contribution in [0.2, 0.25) is 5.02 Å². The molecule has 1 saturated heterocycles. The fourth-order valence-corrected chi connectivity index (χ4v) is 4.24. The monoisotopic (exact) mass is 432 g/mol. The predicted octanol–water partition coefficient (Wildman–Crippen LogP) is 1.69. The molecule has 2 aliphatic rings. The molecule has 4 rings (SSSR count). The summed E-state index contributed by atoms with van der Waals surface area (Å²) in [7, 11) is 0. The number of nitrogens with zero attached hydrogens (tertiary/aromatic N) is 3. The number of carbonyl (C=O) groups is 1. The molecule has 0 radical (unpaired) electrons. The number of carbonyl (C=O) groups excluding carboxylic acids is 1. The summed E-state index contributed by atoms with van der Waals surface area (Å²) in [6.45, 7) is 3.74. The molecule has 3 heterocycles. The first-order valence-corrected chi connectivity index (χ1v) is 10.3. The van der Waals surface area contributed by atoms with Crippen LogP contribution in [-0.4, -0.2) is 63.8 Å².